The summed E-state index contributed by atoms with van der Waals surface area (Å²) in [7, 11) is 2.22. The van der Waals surface area contributed by atoms with Gasteiger partial charge >= 0.3 is 78.3 Å². The monoisotopic (exact) mass is 330 g/mol. The number of hydrogen-bond acceptors (Lipinski definition) is 2. The first-order valence-electron chi connectivity index (χ1n) is 2.94. The Morgan fingerprint density at radius 2 is 1.46 bits per heavy atom. The van der Waals surface area contributed by atoms with Crippen LogP contribution in [0.5, 0.6) is 0 Å². The van der Waals surface area contributed by atoms with Crippen LogP contribution in [0.3, 0.4) is 0 Å². The van der Waals surface area contributed by atoms with Gasteiger partial charge in [0.2, 0.25) is 0 Å². The Morgan fingerprint density at radius 3 is 1.77 bits per heavy atom. The van der Waals surface area contributed by atoms with Crippen LogP contribution in [-0.2, 0) is 23.2 Å². The molecule has 0 aliphatic carbocycles. The summed E-state index contributed by atoms with van der Waals surface area (Å²) in [4.78, 5) is 5.80. The predicted octanol–water partition coefficient (Wildman–Crippen LogP) is -5.67. The van der Waals surface area contributed by atoms with E-state index in [0.29, 0.717) is 0 Å². The molecule has 0 atom stereocenters. The van der Waals surface area contributed by atoms with Gasteiger partial charge in [-0.1, -0.05) is 0 Å². The molecule has 0 aliphatic heterocycles. The summed E-state index contributed by atoms with van der Waals surface area (Å²) in [6.45, 7) is 0. The van der Waals surface area contributed by atoms with Crippen molar-refractivity contribution >= 4 is 23.5 Å². The molecule has 0 fully saturated rings. The third-order valence-electron chi connectivity index (χ3n) is 1.09. The fourth-order valence-electron chi connectivity index (χ4n) is 0.655. The van der Waals surface area contributed by atoms with Crippen molar-refractivity contribution in [3.63, 3.8) is 0 Å². The molecule has 4 nitrogen and oxygen atoms in total. The number of aromatic amines is 2. The maximum absolute atomic E-state index is 4.14. The molecule has 0 saturated carbocycles. The average Bonchev–Trinajstić information content (AvgIpc) is 2.60. The van der Waals surface area contributed by atoms with Crippen LogP contribution in [0.2, 0.25) is 0 Å². The molecule has 2 rings (SSSR count). The first-order chi connectivity index (χ1) is 5.45. The van der Waals surface area contributed by atoms with Crippen molar-refractivity contribution in [3.05, 3.63) is 11.6 Å². The van der Waals surface area contributed by atoms with Gasteiger partial charge in [-0.3, -0.25) is 0 Å². The number of hydrogen-bond donors (Lipinski definition) is 2. The van der Waals surface area contributed by atoms with Crippen LogP contribution < -0.4 is 31.6 Å². The van der Waals surface area contributed by atoms with E-state index in [4.69, 9.17) is 0 Å². The summed E-state index contributed by atoms with van der Waals surface area (Å²) in [5, 5.41) is 8.28. The predicted molar refractivity (Wildman–Crippen MR) is 41.5 cm³/mol. The van der Waals surface area contributed by atoms with Gasteiger partial charge in [-0.2, -0.15) is 0 Å². The van der Waals surface area contributed by atoms with Gasteiger partial charge < -0.3 is 24.8 Å². The summed E-state index contributed by atoms with van der Waals surface area (Å²) in [6, 6.07) is 0. The SMILES string of the molecule is [Cl-].[Cl-].c1p[nH]n[c]1[Zr+2][c]1cp[nH]n1. The van der Waals surface area contributed by atoms with E-state index in [1.54, 1.807) is 0 Å². The zero-order valence-corrected chi connectivity index (χ0v) is 12.0. The number of aromatic nitrogens is 4. The summed E-state index contributed by atoms with van der Waals surface area (Å²) in [5.74, 6) is 4.25. The van der Waals surface area contributed by atoms with Crippen LogP contribution in [0.1, 0.15) is 0 Å². The molecule has 13 heavy (non-hydrogen) atoms. The number of nitrogens with one attached hydrogen (secondary N) is 2. The molecule has 0 spiro atoms. The molecule has 0 aromatic carbocycles. The number of nitrogens with zero attached hydrogens (tertiary/aromatic N) is 2. The first-order valence-corrected chi connectivity index (χ1v) is 7.32. The second-order valence-electron chi connectivity index (χ2n) is 1.84. The molecule has 2 N–H and O–H groups in total. The third kappa shape index (κ3) is 4.19. The fourth-order valence-corrected chi connectivity index (χ4v) is 5.15. The summed E-state index contributed by atoms with van der Waals surface area (Å²) >= 11 is -0.659. The second kappa shape index (κ2) is 7.09. The van der Waals surface area contributed by atoms with Crippen LogP contribution in [0.25, 0.3) is 0 Å². The normalized spacial score (nSPS) is 9.23. The van der Waals surface area contributed by atoms with Crippen molar-refractivity contribution in [2.45, 2.75) is 0 Å². The van der Waals surface area contributed by atoms with Crippen molar-refractivity contribution in [2.75, 3.05) is 0 Å². The summed E-state index contributed by atoms with van der Waals surface area (Å²) in [6.07, 6.45) is 0. The third-order valence-corrected chi connectivity index (χ3v) is 5.98. The van der Waals surface area contributed by atoms with E-state index in [2.05, 4.69) is 31.5 Å². The van der Waals surface area contributed by atoms with Gasteiger partial charge in [0.05, 0.1) is 0 Å². The molecule has 2 aromatic rings. The van der Waals surface area contributed by atoms with E-state index < -0.39 is 23.2 Å². The van der Waals surface area contributed by atoms with Crippen molar-refractivity contribution in [1.82, 2.24) is 19.9 Å². The molecule has 0 aliphatic rings. The zero-order valence-electron chi connectivity index (χ0n) is 6.20. The Kier molecular flexibility index (Phi) is 7.50. The molecular formula is C4H4Cl2N4P2Zr. The zero-order chi connectivity index (χ0) is 7.52. The van der Waals surface area contributed by atoms with Crippen molar-refractivity contribution < 1.29 is 48.0 Å². The van der Waals surface area contributed by atoms with Gasteiger partial charge in [-0.15, -0.1) is 0 Å². The van der Waals surface area contributed by atoms with E-state index in [-0.39, 0.29) is 24.8 Å². The van der Waals surface area contributed by atoms with Crippen LogP contribution in [-0.4, -0.2) is 19.9 Å². The summed E-state index contributed by atoms with van der Waals surface area (Å²) < 4.78 is 2.48. The topological polar surface area (TPSA) is 57.4 Å². The summed E-state index contributed by atoms with van der Waals surface area (Å²) in [5.41, 5.74) is 0. The molecule has 9 heteroatoms. The number of H-pyrrole nitrogens is 2. The molecule has 2 heterocycles. The molecule has 0 bridgehead atoms. The second-order valence-corrected chi connectivity index (χ2v) is 6.40. The van der Waals surface area contributed by atoms with Crippen molar-refractivity contribution in [1.29, 1.82) is 0 Å². The fraction of sp³-hybridized carbons (Fsp3) is 0. The van der Waals surface area contributed by atoms with Gasteiger partial charge in [0, 0.05) is 0 Å². The Bertz CT molecular complexity index is 281. The van der Waals surface area contributed by atoms with Gasteiger partial charge in [0.25, 0.3) is 0 Å². The van der Waals surface area contributed by atoms with E-state index in [0.717, 1.165) is 16.7 Å². The van der Waals surface area contributed by atoms with Gasteiger partial charge in [-0.05, 0) is 0 Å². The Balaban J connectivity index is 0.000000720. The minimum atomic E-state index is -0.659. The standard InChI is InChI=1S/2C2H2N2P.2ClH.Zr/c2*1-2-5-4-3-1;;;/h2*2H,(H,3,4);2*1H;/q;;;;+2/p-2. The number of rotatable bonds is 2. The van der Waals surface area contributed by atoms with Crippen LogP contribution in [0.4, 0.5) is 0 Å². The first kappa shape index (κ1) is 13.7. The van der Waals surface area contributed by atoms with Crippen molar-refractivity contribution in [2.24, 2.45) is 0 Å². The Morgan fingerprint density at radius 1 is 1.00 bits per heavy atom. The van der Waals surface area contributed by atoms with Gasteiger partial charge in [-0.25, -0.2) is 0 Å². The number of halogens is 2. The van der Waals surface area contributed by atoms with E-state index >= 15 is 0 Å². The Hall–Kier alpha value is 0.743. The van der Waals surface area contributed by atoms with E-state index in [9.17, 15) is 0 Å². The molecular weight excluding hydrogens is 328 g/mol. The molecule has 0 radical (unpaired) electrons. The van der Waals surface area contributed by atoms with Gasteiger partial charge in [0.15, 0.2) is 0 Å². The molecule has 2 aromatic heterocycles. The van der Waals surface area contributed by atoms with Crippen LogP contribution in [0, 0.1) is 0 Å². The maximum atomic E-state index is 4.14. The minimum absolute atomic E-state index is 0. The van der Waals surface area contributed by atoms with Crippen LogP contribution >= 0.6 is 16.7 Å². The molecule has 0 amide bonds. The Labute approximate surface area is 102 Å². The molecule has 68 valence electrons. The van der Waals surface area contributed by atoms with Gasteiger partial charge in [0.1, 0.15) is 0 Å². The van der Waals surface area contributed by atoms with E-state index in [1.807, 2.05) is 0 Å². The molecule has 0 unspecified atom stereocenters. The van der Waals surface area contributed by atoms with Crippen molar-refractivity contribution in [3.8, 4) is 0 Å². The molecule has 0 saturated heterocycles. The van der Waals surface area contributed by atoms with E-state index in [1.165, 1.54) is 6.80 Å². The van der Waals surface area contributed by atoms with Crippen LogP contribution in [0.15, 0.2) is 11.6 Å². The average molecular weight is 332 g/mol. The quantitative estimate of drug-likeness (QED) is 0.576.